The zero-order chi connectivity index (χ0) is 19.3. The molecule has 1 heteroatoms. The molecule has 0 fully saturated rings. The van der Waals surface area contributed by atoms with Gasteiger partial charge >= 0.3 is 0 Å². The van der Waals surface area contributed by atoms with Crippen LogP contribution in [0.5, 0.6) is 0 Å². The molecule has 2 aromatic carbocycles. The van der Waals surface area contributed by atoms with Crippen molar-refractivity contribution >= 4 is 27.4 Å². The van der Waals surface area contributed by atoms with Crippen LogP contribution in [0.15, 0.2) is 79.4 Å². The van der Waals surface area contributed by atoms with Crippen LogP contribution < -0.4 is 0 Å². The normalized spacial score (nSPS) is 10.7. The summed E-state index contributed by atoms with van der Waals surface area (Å²) in [5.74, 6) is 0. The standard InChI is InChI=1S/C23H23N.C2H6/c1-6-11-18(17(7-2)8-3)22-16(4)14-15-21-23(22)19-12-9-10-13-20(19)24(21)5;1-2/h6-15H,2-3H2,1,4-5H3;1-2H3/b11-6-;. The molecule has 0 N–H and O–H groups in total. The Labute approximate surface area is 157 Å². The highest BCUT2D eigenvalue weighted by Crippen LogP contribution is 2.37. The number of rotatable bonds is 4. The van der Waals surface area contributed by atoms with Crippen molar-refractivity contribution in [3.63, 3.8) is 0 Å². The van der Waals surface area contributed by atoms with Crippen molar-refractivity contribution in [2.45, 2.75) is 27.7 Å². The monoisotopic (exact) mass is 343 g/mol. The minimum Gasteiger partial charge on any atom is -0.344 e. The van der Waals surface area contributed by atoms with Crippen LogP contribution >= 0.6 is 0 Å². The highest BCUT2D eigenvalue weighted by molar-refractivity contribution is 6.14. The molecule has 0 aliphatic rings. The average Bonchev–Trinajstić information content (AvgIpc) is 2.97. The van der Waals surface area contributed by atoms with Gasteiger partial charge in [-0.3, -0.25) is 0 Å². The minimum atomic E-state index is 1.05. The molecule has 0 unspecified atom stereocenters. The van der Waals surface area contributed by atoms with Gasteiger partial charge in [0.15, 0.2) is 0 Å². The first-order chi connectivity index (χ1) is 12.6. The van der Waals surface area contributed by atoms with E-state index in [1.807, 2.05) is 32.9 Å². The molecule has 0 spiro atoms. The topological polar surface area (TPSA) is 4.93 Å². The molecule has 0 saturated heterocycles. The summed E-state index contributed by atoms with van der Waals surface area (Å²) in [6.45, 7) is 16.2. The zero-order valence-corrected chi connectivity index (χ0v) is 16.6. The molecule has 1 nitrogen and oxygen atoms in total. The van der Waals surface area contributed by atoms with Gasteiger partial charge in [-0.25, -0.2) is 0 Å². The summed E-state index contributed by atoms with van der Waals surface area (Å²) in [4.78, 5) is 0. The Morgan fingerprint density at radius 1 is 0.962 bits per heavy atom. The van der Waals surface area contributed by atoms with E-state index >= 15 is 0 Å². The Bertz CT molecular complexity index is 999. The Hall–Kier alpha value is -2.80. The lowest BCUT2D eigenvalue weighted by molar-refractivity contribution is 1.01. The maximum Gasteiger partial charge on any atom is 0.0495 e. The molecule has 0 saturated carbocycles. The van der Waals surface area contributed by atoms with Crippen molar-refractivity contribution < 1.29 is 0 Å². The van der Waals surface area contributed by atoms with Crippen LogP contribution in [-0.4, -0.2) is 4.57 Å². The van der Waals surface area contributed by atoms with Crippen LogP contribution in [-0.2, 0) is 7.05 Å². The molecule has 0 amide bonds. The Morgan fingerprint density at radius 2 is 1.62 bits per heavy atom. The molecule has 0 radical (unpaired) electrons. The fourth-order valence-electron chi connectivity index (χ4n) is 3.50. The smallest absolute Gasteiger partial charge is 0.0495 e. The van der Waals surface area contributed by atoms with Crippen LogP contribution in [0.2, 0.25) is 0 Å². The van der Waals surface area contributed by atoms with E-state index in [9.17, 15) is 0 Å². The maximum absolute atomic E-state index is 3.97. The molecule has 1 aromatic heterocycles. The van der Waals surface area contributed by atoms with Crippen LogP contribution in [0, 0.1) is 6.92 Å². The summed E-state index contributed by atoms with van der Waals surface area (Å²) in [6, 6.07) is 13.0. The largest absolute Gasteiger partial charge is 0.344 e. The molecular weight excluding hydrogens is 314 g/mol. The summed E-state index contributed by atoms with van der Waals surface area (Å²) in [7, 11) is 2.13. The fourth-order valence-corrected chi connectivity index (χ4v) is 3.50. The second-order valence-electron chi connectivity index (χ2n) is 6.01. The van der Waals surface area contributed by atoms with Gasteiger partial charge in [0, 0.05) is 28.9 Å². The number of para-hydroxylation sites is 1. The molecule has 0 aliphatic carbocycles. The van der Waals surface area contributed by atoms with Gasteiger partial charge in [-0.15, -0.1) is 0 Å². The van der Waals surface area contributed by atoms with Crippen molar-refractivity contribution in [2.24, 2.45) is 7.05 Å². The van der Waals surface area contributed by atoms with E-state index in [1.54, 1.807) is 0 Å². The maximum atomic E-state index is 3.97. The van der Waals surface area contributed by atoms with Gasteiger partial charge in [-0.2, -0.15) is 0 Å². The van der Waals surface area contributed by atoms with Gasteiger partial charge in [-0.05, 0) is 48.3 Å². The quantitative estimate of drug-likeness (QED) is 0.436. The number of hydrogen-bond donors (Lipinski definition) is 0. The molecule has 134 valence electrons. The minimum absolute atomic E-state index is 1.05. The molecule has 0 atom stereocenters. The van der Waals surface area contributed by atoms with Gasteiger partial charge in [0.1, 0.15) is 0 Å². The van der Waals surface area contributed by atoms with Crippen LogP contribution in [0.25, 0.3) is 27.4 Å². The van der Waals surface area contributed by atoms with Gasteiger partial charge in [-0.1, -0.05) is 75.6 Å². The van der Waals surface area contributed by atoms with Crippen LogP contribution in [0.4, 0.5) is 0 Å². The summed E-state index contributed by atoms with van der Waals surface area (Å²) in [5, 5.41) is 2.57. The average molecular weight is 344 g/mol. The van der Waals surface area contributed by atoms with E-state index < -0.39 is 0 Å². The van der Waals surface area contributed by atoms with Gasteiger partial charge in [0.05, 0.1) is 0 Å². The first-order valence-corrected chi connectivity index (χ1v) is 9.23. The molecule has 3 aromatic rings. The molecule has 0 bridgehead atoms. The van der Waals surface area contributed by atoms with Crippen molar-refractivity contribution in [3.05, 3.63) is 90.6 Å². The number of allylic oxidation sites excluding steroid dienone is 6. The van der Waals surface area contributed by atoms with Gasteiger partial charge < -0.3 is 4.57 Å². The van der Waals surface area contributed by atoms with Crippen molar-refractivity contribution in [1.82, 2.24) is 4.57 Å². The number of nitrogens with zero attached hydrogens (tertiary/aromatic N) is 1. The summed E-state index contributed by atoms with van der Waals surface area (Å²) >= 11 is 0. The predicted molar refractivity (Wildman–Crippen MR) is 119 cm³/mol. The van der Waals surface area contributed by atoms with E-state index in [-0.39, 0.29) is 0 Å². The summed E-state index contributed by atoms with van der Waals surface area (Å²) in [5.41, 5.74) is 7.23. The molecule has 26 heavy (non-hydrogen) atoms. The highest BCUT2D eigenvalue weighted by atomic mass is 14.9. The summed E-state index contributed by atoms with van der Waals surface area (Å²) in [6.07, 6.45) is 7.99. The number of fused-ring (bicyclic) bond motifs is 3. The summed E-state index contributed by atoms with van der Waals surface area (Å²) < 4.78 is 2.27. The van der Waals surface area contributed by atoms with E-state index in [1.165, 1.54) is 38.5 Å². The third-order valence-electron chi connectivity index (χ3n) is 4.64. The second-order valence-corrected chi connectivity index (χ2v) is 6.01. The number of benzene rings is 2. The SMILES string of the molecule is C=CC(C=C)=C(/C=C\C)c1c(C)ccc2c1c1ccccc1n2C.CC. The molecule has 0 aliphatic heterocycles. The number of hydrogen-bond acceptors (Lipinski definition) is 0. The number of aryl methyl sites for hydroxylation is 2. The lowest BCUT2D eigenvalue weighted by atomic mass is 9.91. The van der Waals surface area contributed by atoms with Crippen molar-refractivity contribution in [1.29, 1.82) is 0 Å². The third-order valence-corrected chi connectivity index (χ3v) is 4.64. The first-order valence-electron chi connectivity index (χ1n) is 9.23. The highest BCUT2D eigenvalue weighted by Gasteiger charge is 2.16. The second kappa shape index (κ2) is 8.53. The van der Waals surface area contributed by atoms with Crippen LogP contribution in [0.3, 0.4) is 0 Å². The zero-order valence-electron chi connectivity index (χ0n) is 16.6. The van der Waals surface area contributed by atoms with Crippen molar-refractivity contribution in [3.8, 4) is 0 Å². The molecule has 3 rings (SSSR count). The third kappa shape index (κ3) is 3.17. The first kappa shape index (κ1) is 19.5. The van der Waals surface area contributed by atoms with Crippen LogP contribution in [0.1, 0.15) is 31.9 Å². The van der Waals surface area contributed by atoms with E-state index in [0.717, 1.165) is 5.57 Å². The molecular formula is C25H29N. The Kier molecular flexibility index (Phi) is 6.41. The number of aromatic nitrogens is 1. The predicted octanol–water partition coefficient (Wildman–Crippen LogP) is 7.37. The van der Waals surface area contributed by atoms with E-state index in [0.29, 0.717) is 0 Å². The Balaban J connectivity index is 0.00000117. The van der Waals surface area contributed by atoms with E-state index in [2.05, 4.69) is 80.2 Å². The molecule has 1 heterocycles. The lowest BCUT2D eigenvalue weighted by Gasteiger charge is -2.13. The Morgan fingerprint density at radius 3 is 2.23 bits per heavy atom. The fraction of sp³-hybridized carbons (Fsp3) is 0.200. The van der Waals surface area contributed by atoms with E-state index in [4.69, 9.17) is 0 Å². The van der Waals surface area contributed by atoms with Crippen molar-refractivity contribution in [2.75, 3.05) is 0 Å². The van der Waals surface area contributed by atoms with Gasteiger partial charge in [0.25, 0.3) is 0 Å². The lowest BCUT2D eigenvalue weighted by Crippen LogP contribution is -1.93. The van der Waals surface area contributed by atoms with Gasteiger partial charge in [0.2, 0.25) is 0 Å².